The van der Waals surface area contributed by atoms with E-state index in [1.807, 2.05) is 4.90 Å². The fourth-order valence-corrected chi connectivity index (χ4v) is 4.94. The molecule has 2 saturated heterocycles. The lowest BCUT2D eigenvalue weighted by atomic mass is 9.85. The van der Waals surface area contributed by atoms with Gasteiger partial charge in [0.25, 0.3) is 5.91 Å². The summed E-state index contributed by atoms with van der Waals surface area (Å²) in [7, 11) is 0. The molecule has 0 spiro atoms. The molecule has 2 heterocycles. The Morgan fingerprint density at radius 3 is 2.48 bits per heavy atom. The Morgan fingerprint density at radius 1 is 1.07 bits per heavy atom. The lowest BCUT2D eigenvalue weighted by Crippen LogP contribution is -2.54. The monoisotopic (exact) mass is 393 g/mol. The van der Waals surface area contributed by atoms with Crippen LogP contribution in [0.1, 0.15) is 42.5 Å². The molecule has 3 aliphatic rings. The van der Waals surface area contributed by atoms with Gasteiger partial charge >= 0.3 is 0 Å². The first kappa shape index (κ1) is 18.7. The molecule has 3 unspecified atom stereocenters. The quantitative estimate of drug-likeness (QED) is 0.840. The lowest BCUT2D eigenvalue weighted by Gasteiger charge is -2.36. The number of fused-ring (bicyclic) bond motifs is 1. The van der Waals surface area contributed by atoms with Gasteiger partial charge in [0.1, 0.15) is 5.82 Å². The van der Waals surface area contributed by atoms with E-state index in [1.54, 1.807) is 4.90 Å². The van der Waals surface area contributed by atoms with Gasteiger partial charge in [-0.1, -0.05) is 24.4 Å². The van der Waals surface area contributed by atoms with Gasteiger partial charge in [0.2, 0.25) is 5.91 Å². The van der Waals surface area contributed by atoms with Crippen molar-refractivity contribution in [1.29, 1.82) is 0 Å². The van der Waals surface area contributed by atoms with Gasteiger partial charge in [0.15, 0.2) is 0 Å². The van der Waals surface area contributed by atoms with Gasteiger partial charge in [0.05, 0.1) is 16.6 Å². The Labute approximate surface area is 163 Å². The zero-order valence-corrected chi connectivity index (χ0v) is 16.1. The Hall–Kier alpha value is -1.66. The molecule has 1 saturated carbocycles. The first-order chi connectivity index (χ1) is 13.0. The van der Waals surface area contributed by atoms with E-state index in [-0.39, 0.29) is 22.9 Å². The number of carbonyl (C=O) groups is 2. The van der Waals surface area contributed by atoms with Crippen molar-refractivity contribution < 1.29 is 14.0 Å². The summed E-state index contributed by atoms with van der Waals surface area (Å²) in [6.07, 6.45) is 5.86. The fraction of sp³-hybridized carbons (Fsp3) is 0.600. The van der Waals surface area contributed by atoms with E-state index in [0.29, 0.717) is 43.7 Å². The Balaban J connectivity index is 1.33. The summed E-state index contributed by atoms with van der Waals surface area (Å²) in [4.78, 5) is 29.1. The first-order valence-corrected chi connectivity index (χ1v) is 10.2. The predicted molar refractivity (Wildman–Crippen MR) is 101 cm³/mol. The topological polar surface area (TPSA) is 52.7 Å². The summed E-state index contributed by atoms with van der Waals surface area (Å²) in [5, 5.41) is 3.66. The average Bonchev–Trinajstić information content (AvgIpc) is 3.11. The van der Waals surface area contributed by atoms with E-state index in [4.69, 9.17) is 11.6 Å². The minimum Gasteiger partial charge on any atom is -0.338 e. The second-order valence-electron chi connectivity index (χ2n) is 7.85. The number of nitrogens with one attached hydrogen (secondary N) is 1. The Bertz CT molecular complexity index is 722. The van der Waals surface area contributed by atoms with E-state index in [2.05, 4.69) is 5.32 Å². The normalized spacial score (nSPS) is 28.1. The molecular weight excluding hydrogens is 369 g/mol. The summed E-state index contributed by atoms with van der Waals surface area (Å²) < 4.78 is 13.2. The van der Waals surface area contributed by atoms with Crippen LogP contribution in [0.5, 0.6) is 0 Å². The molecule has 4 rings (SSSR count). The zero-order chi connectivity index (χ0) is 19.0. The van der Waals surface area contributed by atoms with E-state index in [9.17, 15) is 14.0 Å². The van der Waals surface area contributed by atoms with Gasteiger partial charge in [-0.3, -0.25) is 9.59 Å². The van der Waals surface area contributed by atoms with Gasteiger partial charge in [-0.15, -0.1) is 0 Å². The average molecular weight is 394 g/mol. The maximum absolute atomic E-state index is 13.2. The number of rotatable bonds is 2. The minimum absolute atomic E-state index is 0.0769. The van der Waals surface area contributed by atoms with Crippen molar-refractivity contribution in [1.82, 2.24) is 15.1 Å². The number of benzene rings is 1. The summed E-state index contributed by atoms with van der Waals surface area (Å²) in [5.41, 5.74) is 0.305. The standard InChI is InChI=1S/C20H25ClFN3O2/c21-16-12-14(22)5-6-15(16)19(26)24-7-9-25(10-8-24)20(27)18-11-13-3-1-2-4-17(13)23-18/h5-6,12-13,17-18,23H,1-4,7-11H2. The molecule has 0 radical (unpaired) electrons. The highest BCUT2D eigenvalue weighted by atomic mass is 35.5. The molecule has 1 N–H and O–H groups in total. The van der Waals surface area contributed by atoms with Crippen molar-refractivity contribution in [2.24, 2.45) is 5.92 Å². The molecule has 0 aromatic heterocycles. The number of nitrogens with zero attached hydrogens (tertiary/aromatic N) is 2. The summed E-state index contributed by atoms with van der Waals surface area (Å²) >= 11 is 6.01. The van der Waals surface area contributed by atoms with Crippen molar-refractivity contribution in [3.8, 4) is 0 Å². The van der Waals surface area contributed by atoms with E-state index >= 15 is 0 Å². The molecule has 146 valence electrons. The van der Waals surface area contributed by atoms with E-state index < -0.39 is 5.82 Å². The SMILES string of the molecule is O=C(c1ccc(F)cc1Cl)N1CCN(C(=O)C2CC3CCCCC3N2)CC1. The molecule has 7 heteroatoms. The fourth-order valence-electron chi connectivity index (χ4n) is 4.69. The molecule has 1 aliphatic carbocycles. The van der Waals surface area contributed by atoms with Gasteiger partial charge in [-0.2, -0.15) is 0 Å². The van der Waals surface area contributed by atoms with Gasteiger partial charge in [0, 0.05) is 32.2 Å². The smallest absolute Gasteiger partial charge is 0.255 e. The Morgan fingerprint density at radius 2 is 1.78 bits per heavy atom. The predicted octanol–water partition coefficient (Wildman–Crippen LogP) is 2.68. The molecule has 2 amide bonds. The van der Waals surface area contributed by atoms with Crippen LogP contribution in [0, 0.1) is 11.7 Å². The van der Waals surface area contributed by atoms with Crippen LogP contribution in [0.2, 0.25) is 5.02 Å². The number of amides is 2. The van der Waals surface area contributed by atoms with Crippen LogP contribution in [-0.4, -0.2) is 59.9 Å². The van der Waals surface area contributed by atoms with Crippen LogP contribution in [0.3, 0.4) is 0 Å². The number of hydrogen-bond donors (Lipinski definition) is 1. The second kappa shape index (κ2) is 7.76. The third-order valence-corrected chi connectivity index (χ3v) is 6.51. The van der Waals surface area contributed by atoms with Crippen molar-refractivity contribution in [3.63, 3.8) is 0 Å². The molecular formula is C20H25ClFN3O2. The largest absolute Gasteiger partial charge is 0.338 e. The second-order valence-corrected chi connectivity index (χ2v) is 8.25. The van der Waals surface area contributed by atoms with Crippen LogP contribution in [0.4, 0.5) is 4.39 Å². The Kier molecular flexibility index (Phi) is 5.37. The van der Waals surface area contributed by atoms with E-state index in [0.717, 1.165) is 12.5 Å². The summed E-state index contributed by atoms with van der Waals surface area (Å²) in [6.45, 7) is 1.99. The molecule has 5 nitrogen and oxygen atoms in total. The highest BCUT2D eigenvalue weighted by Crippen LogP contribution is 2.33. The molecule has 2 aliphatic heterocycles. The first-order valence-electron chi connectivity index (χ1n) is 9.82. The highest BCUT2D eigenvalue weighted by molar-refractivity contribution is 6.33. The van der Waals surface area contributed by atoms with Gasteiger partial charge < -0.3 is 15.1 Å². The maximum Gasteiger partial charge on any atom is 0.255 e. The third-order valence-electron chi connectivity index (χ3n) is 6.20. The summed E-state index contributed by atoms with van der Waals surface area (Å²) in [6, 6.07) is 4.23. The molecule has 0 bridgehead atoms. The van der Waals surface area contributed by atoms with Crippen molar-refractivity contribution >= 4 is 23.4 Å². The van der Waals surface area contributed by atoms with Crippen molar-refractivity contribution in [3.05, 3.63) is 34.6 Å². The molecule has 3 atom stereocenters. The molecule has 1 aromatic rings. The third kappa shape index (κ3) is 3.83. The minimum atomic E-state index is -0.461. The van der Waals surface area contributed by atoms with Gasteiger partial charge in [-0.25, -0.2) is 4.39 Å². The highest BCUT2D eigenvalue weighted by Gasteiger charge is 2.40. The van der Waals surface area contributed by atoms with Crippen LogP contribution in [0.15, 0.2) is 18.2 Å². The van der Waals surface area contributed by atoms with Crippen LogP contribution in [-0.2, 0) is 4.79 Å². The molecule has 1 aromatic carbocycles. The van der Waals surface area contributed by atoms with Gasteiger partial charge in [-0.05, 0) is 43.4 Å². The lowest BCUT2D eigenvalue weighted by molar-refractivity contribution is -0.134. The van der Waals surface area contributed by atoms with E-state index in [1.165, 1.54) is 37.8 Å². The van der Waals surface area contributed by atoms with Crippen LogP contribution >= 0.6 is 11.6 Å². The van der Waals surface area contributed by atoms with Crippen LogP contribution < -0.4 is 5.32 Å². The number of hydrogen-bond acceptors (Lipinski definition) is 3. The molecule has 27 heavy (non-hydrogen) atoms. The maximum atomic E-state index is 13.2. The number of halogens is 2. The van der Waals surface area contributed by atoms with Crippen LogP contribution in [0.25, 0.3) is 0 Å². The zero-order valence-electron chi connectivity index (χ0n) is 15.3. The number of piperazine rings is 1. The number of carbonyl (C=O) groups excluding carboxylic acids is 2. The van der Waals surface area contributed by atoms with Crippen molar-refractivity contribution in [2.45, 2.75) is 44.2 Å². The summed E-state index contributed by atoms with van der Waals surface area (Å²) in [5.74, 6) is 0.126. The molecule has 3 fully saturated rings. The van der Waals surface area contributed by atoms with Crippen molar-refractivity contribution in [2.75, 3.05) is 26.2 Å².